The van der Waals surface area contributed by atoms with E-state index in [0.717, 1.165) is 44.6 Å². The van der Waals surface area contributed by atoms with Gasteiger partial charge in [0.05, 0.1) is 22.5 Å². The highest BCUT2D eigenvalue weighted by Gasteiger charge is 2.22. The Kier molecular flexibility index (Phi) is 5.10. The first-order valence-corrected chi connectivity index (χ1v) is 10.1. The summed E-state index contributed by atoms with van der Waals surface area (Å²) in [5.74, 6) is 0.605. The van der Waals surface area contributed by atoms with Crippen LogP contribution < -0.4 is 10.6 Å². The smallest absolute Gasteiger partial charge is 0.152 e. The van der Waals surface area contributed by atoms with E-state index in [-0.39, 0.29) is 5.75 Å². The van der Waals surface area contributed by atoms with Crippen LogP contribution in [0.2, 0.25) is 0 Å². The molecular weight excluding hydrogens is 388 g/mol. The number of hydrogen-bond donors (Lipinski definition) is 2. The number of pyridine rings is 1. The van der Waals surface area contributed by atoms with Crippen molar-refractivity contribution in [1.82, 2.24) is 19.5 Å². The fraction of sp³-hybridized carbons (Fsp3) is 0.208. The van der Waals surface area contributed by atoms with Gasteiger partial charge in [-0.05, 0) is 38.5 Å². The van der Waals surface area contributed by atoms with Gasteiger partial charge in [0, 0.05) is 24.0 Å². The second-order valence-corrected chi connectivity index (χ2v) is 7.61. The number of hydrogen-bond acceptors (Lipinski definition) is 6. The van der Waals surface area contributed by atoms with Crippen LogP contribution in [0.4, 0.5) is 11.5 Å². The van der Waals surface area contributed by atoms with Crippen LogP contribution in [0.5, 0.6) is 5.75 Å². The molecule has 1 aromatic carbocycles. The number of rotatable bonds is 6. The van der Waals surface area contributed by atoms with Gasteiger partial charge in [-0.15, -0.1) is 13.2 Å². The highest BCUT2D eigenvalue weighted by molar-refractivity contribution is 6.12. The molecule has 0 saturated heterocycles. The van der Waals surface area contributed by atoms with E-state index in [0.29, 0.717) is 24.6 Å². The van der Waals surface area contributed by atoms with Crippen LogP contribution in [0, 0.1) is 20.8 Å². The molecule has 0 aliphatic carbocycles. The minimum Gasteiger partial charge on any atom is -0.508 e. The van der Waals surface area contributed by atoms with Gasteiger partial charge >= 0.3 is 0 Å². The van der Waals surface area contributed by atoms with Crippen molar-refractivity contribution >= 4 is 33.6 Å². The van der Waals surface area contributed by atoms with E-state index in [1.165, 1.54) is 6.33 Å². The van der Waals surface area contributed by atoms with Crippen molar-refractivity contribution in [2.45, 2.75) is 20.8 Å². The average molecular weight is 415 g/mol. The van der Waals surface area contributed by atoms with Crippen LogP contribution >= 0.6 is 0 Å². The SMILES string of the molecule is C=CCN(CC=C)c1cc2c3c(N)ncnc3n(-c3c(C)ccc(O)c3C)c2nc1C. The summed E-state index contributed by atoms with van der Waals surface area (Å²) in [4.78, 5) is 15.9. The molecule has 3 aromatic heterocycles. The lowest BCUT2D eigenvalue weighted by molar-refractivity contribution is 0.470. The number of phenols is 1. The molecule has 158 valence electrons. The Morgan fingerprint density at radius 3 is 2.48 bits per heavy atom. The number of anilines is 2. The molecule has 0 amide bonds. The van der Waals surface area contributed by atoms with Crippen LogP contribution in [-0.2, 0) is 0 Å². The molecule has 0 atom stereocenters. The average Bonchev–Trinajstić information content (AvgIpc) is 3.05. The van der Waals surface area contributed by atoms with Gasteiger partial charge in [-0.25, -0.2) is 15.0 Å². The maximum atomic E-state index is 10.4. The minimum absolute atomic E-state index is 0.217. The first kappa shape index (κ1) is 20.4. The van der Waals surface area contributed by atoms with E-state index in [4.69, 9.17) is 10.7 Å². The van der Waals surface area contributed by atoms with Crippen molar-refractivity contribution in [3.63, 3.8) is 0 Å². The molecule has 0 saturated carbocycles. The van der Waals surface area contributed by atoms with Gasteiger partial charge < -0.3 is 15.7 Å². The molecule has 3 heterocycles. The summed E-state index contributed by atoms with van der Waals surface area (Å²) in [7, 11) is 0. The Morgan fingerprint density at radius 1 is 1.10 bits per heavy atom. The van der Waals surface area contributed by atoms with Crippen molar-refractivity contribution in [2.75, 3.05) is 23.7 Å². The van der Waals surface area contributed by atoms with E-state index in [9.17, 15) is 5.11 Å². The second kappa shape index (κ2) is 7.75. The molecule has 0 radical (unpaired) electrons. The zero-order chi connectivity index (χ0) is 22.3. The number of aromatic hydroxyl groups is 1. The fourth-order valence-electron chi connectivity index (χ4n) is 4.14. The van der Waals surface area contributed by atoms with Crippen molar-refractivity contribution in [3.8, 4) is 11.4 Å². The first-order chi connectivity index (χ1) is 14.9. The molecule has 0 bridgehead atoms. The molecular formula is C24H26N6O. The van der Waals surface area contributed by atoms with Gasteiger partial charge in [-0.1, -0.05) is 18.2 Å². The highest BCUT2D eigenvalue weighted by atomic mass is 16.3. The predicted molar refractivity (Wildman–Crippen MR) is 127 cm³/mol. The molecule has 7 heteroatoms. The van der Waals surface area contributed by atoms with Gasteiger partial charge in [0.2, 0.25) is 0 Å². The minimum atomic E-state index is 0.217. The van der Waals surface area contributed by atoms with E-state index in [2.05, 4.69) is 34.1 Å². The molecule has 31 heavy (non-hydrogen) atoms. The zero-order valence-corrected chi connectivity index (χ0v) is 18.1. The number of fused-ring (bicyclic) bond motifs is 3. The Morgan fingerprint density at radius 2 is 1.81 bits per heavy atom. The molecule has 0 spiro atoms. The third-order valence-electron chi connectivity index (χ3n) is 5.58. The number of aromatic nitrogens is 4. The van der Waals surface area contributed by atoms with E-state index in [1.54, 1.807) is 6.07 Å². The summed E-state index contributed by atoms with van der Waals surface area (Å²) in [6.45, 7) is 14.9. The fourth-order valence-corrected chi connectivity index (χ4v) is 4.14. The zero-order valence-electron chi connectivity index (χ0n) is 18.1. The molecule has 3 N–H and O–H groups in total. The van der Waals surface area contributed by atoms with E-state index >= 15 is 0 Å². The number of nitrogens with two attached hydrogens (primary N) is 1. The number of benzene rings is 1. The maximum Gasteiger partial charge on any atom is 0.152 e. The molecule has 7 nitrogen and oxygen atoms in total. The summed E-state index contributed by atoms with van der Waals surface area (Å²) in [6, 6.07) is 5.66. The van der Waals surface area contributed by atoms with Crippen molar-refractivity contribution in [3.05, 3.63) is 66.7 Å². The Balaban J connectivity index is 2.15. The van der Waals surface area contributed by atoms with Crippen molar-refractivity contribution in [2.24, 2.45) is 0 Å². The van der Waals surface area contributed by atoms with Crippen molar-refractivity contribution in [1.29, 1.82) is 0 Å². The van der Waals surface area contributed by atoms with E-state index < -0.39 is 0 Å². The lowest BCUT2D eigenvalue weighted by Gasteiger charge is -2.23. The molecule has 4 aromatic rings. The third kappa shape index (κ3) is 3.18. The van der Waals surface area contributed by atoms with Crippen LogP contribution in [0.15, 0.2) is 49.8 Å². The Bertz CT molecular complexity index is 1330. The van der Waals surface area contributed by atoms with Gasteiger partial charge in [0.1, 0.15) is 23.5 Å². The van der Waals surface area contributed by atoms with E-state index in [1.807, 2.05) is 43.6 Å². The van der Waals surface area contributed by atoms with Crippen LogP contribution in [-0.4, -0.2) is 37.7 Å². The number of phenolic OH excluding ortho intramolecular Hbond substituents is 1. The topological polar surface area (TPSA) is 93.1 Å². The normalized spacial score (nSPS) is 11.2. The summed E-state index contributed by atoms with van der Waals surface area (Å²) in [5, 5.41) is 12.0. The van der Waals surface area contributed by atoms with Crippen LogP contribution in [0.1, 0.15) is 16.8 Å². The number of aryl methyl sites for hydroxylation is 2. The lowest BCUT2D eigenvalue weighted by atomic mass is 10.1. The largest absolute Gasteiger partial charge is 0.508 e. The number of nitrogen functional groups attached to an aromatic ring is 1. The number of nitrogens with zero attached hydrogens (tertiary/aromatic N) is 5. The van der Waals surface area contributed by atoms with Crippen molar-refractivity contribution < 1.29 is 5.11 Å². The van der Waals surface area contributed by atoms with Gasteiger partial charge in [0.15, 0.2) is 5.65 Å². The van der Waals surface area contributed by atoms with Gasteiger partial charge in [-0.2, -0.15) is 0 Å². The monoisotopic (exact) mass is 414 g/mol. The standard InChI is InChI=1S/C24H26N6O/c1-6-10-29(11-7-2)18-12-17-20-22(25)26-13-27-24(20)30(23(17)28-16(18)5)21-14(3)8-9-19(31)15(21)4/h6-9,12-13,31H,1-2,10-11H2,3-5H3,(H2,25,26,27). The summed E-state index contributed by atoms with van der Waals surface area (Å²) < 4.78 is 1.97. The first-order valence-electron chi connectivity index (χ1n) is 10.1. The van der Waals surface area contributed by atoms with Crippen LogP contribution in [0.3, 0.4) is 0 Å². The molecule has 4 rings (SSSR count). The predicted octanol–water partition coefficient (Wildman–Crippen LogP) is 4.36. The molecule has 0 aliphatic rings. The van der Waals surface area contributed by atoms with Gasteiger partial charge in [-0.3, -0.25) is 4.57 Å². The summed E-state index contributed by atoms with van der Waals surface area (Å²) in [5.41, 5.74) is 12.1. The quantitative estimate of drug-likeness (QED) is 0.455. The highest BCUT2D eigenvalue weighted by Crippen LogP contribution is 2.38. The summed E-state index contributed by atoms with van der Waals surface area (Å²) in [6.07, 6.45) is 5.16. The molecule has 0 aliphatic heterocycles. The maximum absolute atomic E-state index is 10.4. The third-order valence-corrected chi connectivity index (χ3v) is 5.58. The van der Waals surface area contributed by atoms with Crippen LogP contribution in [0.25, 0.3) is 27.8 Å². The van der Waals surface area contributed by atoms with Gasteiger partial charge in [0.25, 0.3) is 0 Å². The second-order valence-electron chi connectivity index (χ2n) is 7.61. The Hall–Kier alpha value is -3.87. The summed E-state index contributed by atoms with van der Waals surface area (Å²) >= 11 is 0. The lowest BCUT2D eigenvalue weighted by Crippen LogP contribution is -2.24. The molecule has 0 fully saturated rings. The Labute approximate surface area is 181 Å². The molecule has 0 unspecified atom stereocenters.